The first-order valence-electron chi connectivity index (χ1n) is 6.82. The summed E-state index contributed by atoms with van der Waals surface area (Å²) in [6, 6.07) is 0. The molecule has 0 radical (unpaired) electrons. The van der Waals surface area contributed by atoms with Gasteiger partial charge in [-0.05, 0) is 25.2 Å². The van der Waals surface area contributed by atoms with Crippen molar-refractivity contribution in [2.75, 3.05) is 33.3 Å². The number of esters is 1. The lowest BCUT2D eigenvalue weighted by Gasteiger charge is -2.46. The Morgan fingerprint density at radius 2 is 2.11 bits per heavy atom. The van der Waals surface area contributed by atoms with E-state index < -0.39 is 5.60 Å². The number of nitrogens with one attached hydrogen (secondary N) is 1. The topological polar surface area (TPSA) is 78.9 Å². The van der Waals surface area contributed by atoms with E-state index in [1.807, 2.05) is 4.90 Å². The van der Waals surface area contributed by atoms with E-state index in [0.717, 1.165) is 12.8 Å². The van der Waals surface area contributed by atoms with Crippen LogP contribution in [0.3, 0.4) is 0 Å². The van der Waals surface area contributed by atoms with Crippen LogP contribution in [0.25, 0.3) is 0 Å². The third-order valence-electron chi connectivity index (χ3n) is 3.81. The van der Waals surface area contributed by atoms with E-state index in [9.17, 15) is 14.7 Å². The van der Waals surface area contributed by atoms with Gasteiger partial charge < -0.3 is 15.2 Å². The normalized spacial score (nSPS) is 21.6. The zero-order valence-electron chi connectivity index (χ0n) is 11.4. The van der Waals surface area contributed by atoms with Gasteiger partial charge in [0, 0.05) is 26.1 Å². The van der Waals surface area contributed by atoms with E-state index in [-0.39, 0.29) is 11.9 Å². The van der Waals surface area contributed by atoms with Crippen LogP contribution >= 0.6 is 0 Å². The zero-order chi connectivity index (χ0) is 13.9. The molecule has 2 rings (SSSR count). The van der Waals surface area contributed by atoms with Gasteiger partial charge in [-0.25, -0.2) is 0 Å². The highest BCUT2D eigenvalue weighted by molar-refractivity contribution is 5.78. The molecule has 2 fully saturated rings. The van der Waals surface area contributed by atoms with Gasteiger partial charge in [-0.1, -0.05) is 0 Å². The quantitative estimate of drug-likeness (QED) is 0.482. The molecule has 1 saturated carbocycles. The van der Waals surface area contributed by atoms with Crippen LogP contribution in [0.4, 0.5) is 0 Å². The van der Waals surface area contributed by atoms with E-state index in [1.54, 1.807) is 0 Å². The summed E-state index contributed by atoms with van der Waals surface area (Å²) in [4.78, 5) is 24.4. The first-order chi connectivity index (χ1) is 9.03. The van der Waals surface area contributed by atoms with Gasteiger partial charge in [0.15, 0.2) is 0 Å². The molecule has 1 saturated heterocycles. The van der Waals surface area contributed by atoms with Crippen molar-refractivity contribution in [1.82, 2.24) is 10.2 Å². The Morgan fingerprint density at radius 3 is 2.68 bits per heavy atom. The number of rotatable bonds is 7. The second-order valence-corrected chi connectivity index (χ2v) is 5.55. The van der Waals surface area contributed by atoms with Crippen LogP contribution in [0.1, 0.15) is 25.7 Å². The summed E-state index contributed by atoms with van der Waals surface area (Å²) < 4.78 is 4.51. The predicted molar refractivity (Wildman–Crippen MR) is 68.4 cm³/mol. The van der Waals surface area contributed by atoms with E-state index in [4.69, 9.17) is 0 Å². The standard InChI is InChI=1S/C13H22N2O4/c1-19-12(17)3-2-6-14-11(16)7-15-8-13(18,9-15)10-4-5-10/h10,18H,2-9H2,1H3,(H,14,16). The third kappa shape index (κ3) is 3.91. The number of hydrogen-bond donors (Lipinski definition) is 2. The van der Waals surface area contributed by atoms with E-state index in [0.29, 0.717) is 44.9 Å². The maximum atomic E-state index is 11.6. The minimum absolute atomic E-state index is 0.0530. The van der Waals surface area contributed by atoms with Crippen molar-refractivity contribution in [2.24, 2.45) is 5.92 Å². The molecular weight excluding hydrogens is 248 g/mol. The van der Waals surface area contributed by atoms with Crippen molar-refractivity contribution < 1.29 is 19.4 Å². The minimum atomic E-state index is -0.537. The first-order valence-corrected chi connectivity index (χ1v) is 6.82. The van der Waals surface area contributed by atoms with Crippen LogP contribution in [0.5, 0.6) is 0 Å². The fourth-order valence-electron chi connectivity index (χ4n) is 2.54. The van der Waals surface area contributed by atoms with Crippen LogP contribution in [0.2, 0.25) is 0 Å². The summed E-state index contributed by atoms with van der Waals surface area (Å²) in [6.07, 6.45) is 3.14. The van der Waals surface area contributed by atoms with Crippen LogP contribution in [-0.4, -0.2) is 60.8 Å². The smallest absolute Gasteiger partial charge is 0.305 e. The molecule has 2 aliphatic rings. The van der Waals surface area contributed by atoms with Gasteiger partial charge in [-0.2, -0.15) is 0 Å². The number of carbonyl (C=O) groups is 2. The summed E-state index contributed by atoms with van der Waals surface area (Å²) in [5, 5.41) is 12.9. The van der Waals surface area contributed by atoms with Crippen molar-refractivity contribution in [1.29, 1.82) is 0 Å². The Balaban J connectivity index is 1.52. The van der Waals surface area contributed by atoms with Crippen molar-refractivity contribution in [3.63, 3.8) is 0 Å². The number of β-amino-alcohol motifs (C(OH)–C–C–N with tert-alkyl or cyclic N) is 1. The SMILES string of the molecule is COC(=O)CCCNC(=O)CN1CC(O)(C2CC2)C1. The summed E-state index contributed by atoms with van der Waals surface area (Å²) in [5.74, 6) is 0.140. The van der Waals surface area contributed by atoms with Gasteiger partial charge in [0.2, 0.25) is 5.91 Å². The van der Waals surface area contributed by atoms with E-state index in [1.165, 1.54) is 7.11 Å². The summed E-state index contributed by atoms with van der Waals surface area (Å²) >= 11 is 0. The maximum Gasteiger partial charge on any atom is 0.305 e. The minimum Gasteiger partial charge on any atom is -0.469 e. The average Bonchev–Trinajstić information content (AvgIpc) is 3.16. The van der Waals surface area contributed by atoms with Crippen LogP contribution in [-0.2, 0) is 14.3 Å². The molecule has 0 atom stereocenters. The largest absolute Gasteiger partial charge is 0.469 e. The fourth-order valence-corrected chi connectivity index (χ4v) is 2.54. The monoisotopic (exact) mass is 270 g/mol. The predicted octanol–water partition coefficient (Wildman–Crippen LogP) is -0.487. The number of likely N-dealkylation sites (tertiary alicyclic amines) is 1. The zero-order valence-corrected chi connectivity index (χ0v) is 11.4. The molecule has 0 aromatic carbocycles. The lowest BCUT2D eigenvalue weighted by atomic mass is 9.89. The molecule has 108 valence electrons. The molecule has 2 N–H and O–H groups in total. The number of methoxy groups -OCH3 is 1. The van der Waals surface area contributed by atoms with Gasteiger partial charge in [-0.3, -0.25) is 14.5 Å². The summed E-state index contributed by atoms with van der Waals surface area (Å²) in [7, 11) is 1.35. The lowest BCUT2D eigenvalue weighted by molar-refractivity contribution is -0.141. The van der Waals surface area contributed by atoms with Gasteiger partial charge >= 0.3 is 5.97 Å². The molecule has 19 heavy (non-hydrogen) atoms. The summed E-state index contributed by atoms with van der Waals surface area (Å²) in [6.45, 7) is 2.02. The number of amides is 1. The van der Waals surface area contributed by atoms with Crippen molar-refractivity contribution in [3.05, 3.63) is 0 Å². The highest BCUT2D eigenvalue weighted by Gasteiger charge is 2.51. The van der Waals surface area contributed by atoms with Crippen molar-refractivity contribution in [3.8, 4) is 0 Å². The van der Waals surface area contributed by atoms with Gasteiger partial charge in [0.05, 0.1) is 19.3 Å². The average molecular weight is 270 g/mol. The lowest BCUT2D eigenvalue weighted by Crippen LogP contribution is -2.64. The number of nitrogens with zero attached hydrogens (tertiary/aromatic N) is 1. The number of hydrogen-bond acceptors (Lipinski definition) is 5. The Hall–Kier alpha value is -1.14. The van der Waals surface area contributed by atoms with Crippen LogP contribution in [0.15, 0.2) is 0 Å². The molecule has 6 nitrogen and oxygen atoms in total. The second-order valence-electron chi connectivity index (χ2n) is 5.55. The molecule has 1 heterocycles. The first kappa shape index (κ1) is 14.3. The van der Waals surface area contributed by atoms with Crippen molar-refractivity contribution >= 4 is 11.9 Å². The Morgan fingerprint density at radius 1 is 1.42 bits per heavy atom. The fraction of sp³-hybridized carbons (Fsp3) is 0.846. The number of aliphatic hydroxyl groups is 1. The molecule has 0 spiro atoms. The van der Waals surface area contributed by atoms with Crippen molar-refractivity contribution in [2.45, 2.75) is 31.3 Å². The molecule has 0 bridgehead atoms. The molecular formula is C13H22N2O4. The van der Waals surface area contributed by atoms with Gasteiger partial charge in [0.1, 0.15) is 0 Å². The second kappa shape index (κ2) is 5.88. The molecule has 1 amide bonds. The molecule has 0 aromatic rings. The van der Waals surface area contributed by atoms with E-state index >= 15 is 0 Å². The summed E-state index contributed by atoms with van der Waals surface area (Å²) in [5.41, 5.74) is -0.537. The molecule has 0 unspecified atom stereocenters. The molecule has 0 aromatic heterocycles. The maximum absolute atomic E-state index is 11.6. The Labute approximate surface area is 113 Å². The van der Waals surface area contributed by atoms with Gasteiger partial charge in [0.25, 0.3) is 0 Å². The van der Waals surface area contributed by atoms with E-state index in [2.05, 4.69) is 10.1 Å². The molecule has 1 aliphatic heterocycles. The highest BCUT2D eigenvalue weighted by Crippen LogP contribution is 2.44. The van der Waals surface area contributed by atoms with Crippen LogP contribution < -0.4 is 5.32 Å². The third-order valence-corrected chi connectivity index (χ3v) is 3.81. The highest BCUT2D eigenvalue weighted by atomic mass is 16.5. The molecule has 1 aliphatic carbocycles. The molecule has 6 heteroatoms. The Kier molecular flexibility index (Phi) is 4.42. The van der Waals surface area contributed by atoms with Gasteiger partial charge in [-0.15, -0.1) is 0 Å². The van der Waals surface area contributed by atoms with Crippen LogP contribution in [0, 0.1) is 5.92 Å². The number of ether oxygens (including phenoxy) is 1. The Bertz CT molecular complexity index is 349. The number of carbonyl (C=O) groups excluding carboxylic acids is 2.